The molecule has 5 nitrogen and oxygen atoms in total. The van der Waals surface area contributed by atoms with Crippen LogP contribution < -0.4 is 10.5 Å². The number of furan rings is 1. The molecule has 2 rings (SSSR count). The van der Waals surface area contributed by atoms with Gasteiger partial charge in [0.1, 0.15) is 22.2 Å². The van der Waals surface area contributed by atoms with Crippen LogP contribution in [0.15, 0.2) is 39.6 Å². The zero-order chi connectivity index (χ0) is 14.0. The van der Waals surface area contributed by atoms with Crippen LogP contribution in [-0.4, -0.2) is 8.42 Å². The smallest absolute Gasteiger partial charge is 0.265 e. The first kappa shape index (κ1) is 13.6. The van der Waals surface area contributed by atoms with Crippen LogP contribution in [-0.2, 0) is 16.6 Å². The molecule has 0 amide bonds. The monoisotopic (exact) mass is 284 g/mol. The highest BCUT2D eigenvalue weighted by Gasteiger charge is 2.21. The van der Waals surface area contributed by atoms with Gasteiger partial charge >= 0.3 is 0 Å². The van der Waals surface area contributed by atoms with Crippen LogP contribution in [0, 0.1) is 12.7 Å². The number of halogens is 1. The SMILES string of the molecule is Cc1oc(CN)cc1S(=O)(=O)Nc1ccc(F)cc1. The fourth-order valence-electron chi connectivity index (χ4n) is 1.62. The van der Waals surface area contributed by atoms with Crippen molar-refractivity contribution in [1.29, 1.82) is 0 Å². The van der Waals surface area contributed by atoms with Crippen molar-refractivity contribution in [2.45, 2.75) is 18.4 Å². The molecule has 102 valence electrons. The van der Waals surface area contributed by atoms with Gasteiger partial charge in [0.25, 0.3) is 10.0 Å². The van der Waals surface area contributed by atoms with E-state index >= 15 is 0 Å². The number of benzene rings is 1. The van der Waals surface area contributed by atoms with Crippen molar-refractivity contribution in [3.8, 4) is 0 Å². The topological polar surface area (TPSA) is 85.3 Å². The molecule has 0 saturated carbocycles. The summed E-state index contributed by atoms with van der Waals surface area (Å²) in [4.78, 5) is 0.0253. The van der Waals surface area contributed by atoms with E-state index in [-0.39, 0.29) is 22.9 Å². The van der Waals surface area contributed by atoms with Crippen molar-refractivity contribution in [1.82, 2.24) is 0 Å². The number of nitrogens with two attached hydrogens (primary N) is 1. The minimum atomic E-state index is -3.77. The lowest BCUT2D eigenvalue weighted by atomic mass is 10.3. The molecule has 0 aliphatic rings. The lowest BCUT2D eigenvalue weighted by Gasteiger charge is -2.06. The Labute approximate surface area is 110 Å². The molecule has 19 heavy (non-hydrogen) atoms. The first-order valence-electron chi connectivity index (χ1n) is 5.50. The molecule has 0 aliphatic heterocycles. The molecular weight excluding hydrogens is 271 g/mol. The fourth-order valence-corrected chi connectivity index (χ4v) is 2.88. The number of rotatable bonds is 4. The summed E-state index contributed by atoms with van der Waals surface area (Å²) in [5.74, 6) is 0.208. The molecule has 0 radical (unpaired) electrons. The Hall–Kier alpha value is -1.86. The number of aryl methyl sites for hydroxylation is 1. The van der Waals surface area contributed by atoms with Gasteiger partial charge in [-0.15, -0.1) is 0 Å². The van der Waals surface area contributed by atoms with Crippen molar-refractivity contribution in [2.75, 3.05) is 4.72 Å². The highest BCUT2D eigenvalue weighted by atomic mass is 32.2. The lowest BCUT2D eigenvalue weighted by molar-refractivity contribution is 0.479. The largest absolute Gasteiger partial charge is 0.464 e. The summed E-state index contributed by atoms with van der Waals surface area (Å²) in [5, 5.41) is 0. The molecular formula is C12H13FN2O3S. The van der Waals surface area contributed by atoms with E-state index in [2.05, 4.69) is 4.72 Å². The third kappa shape index (κ3) is 2.94. The molecule has 1 aromatic carbocycles. The number of sulfonamides is 1. The molecule has 0 saturated heterocycles. The molecule has 2 aromatic rings. The van der Waals surface area contributed by atoms with E-state index in [9.17, 15) is 12.8 Å². The second kappa shape index (κ2) is 5.02. The maximum absolute atomic E-state index is 12.7. The van der Waals surface area contributed by atoms with E-state index in [1.54, 1.807) is 6.92 Å². The van der Waals surface area contributed by atoms with Gasteiger partial charge in [0.15, 0.2) is 0 Å². The predicted molar refractivity (Wildman–Crippen MR) is 68.5 cm³/mol. The second-order valence-corrected chi connectivity index (χ2v) is 5.60. The Balaban J connectivity index is 2.31. The Morgan fingerprint density at radius 3 is 2.47 bits per heavy atom. The first-order valence-corrected chi connectivity index (χ1v) is 6.98. The van der Waals surface area contributed by atoms with E-state index in [0.29, 0.717) is 5.76 Å². The van der Waals surface area contributed by atoms with E-state index < -0.39 is 15.8 Å². The summed E-state index contributed by atoms with van der Waals surface area (Å²) in [6.07, 6.45) is 0. The first-order chi connectivity index (χ1) is 8.92. The van der Waals surface area contributed by atoms with E-state index in [4.69, 9.17) is 10.2 Å². The van der Waals surface area contributed by atoms with Crippen molar-refractivity contribution >= 4 is 15.7 Å². The van der Waals surface area contributed by atoms with Crippen LogP contribution >= 0.6 is 0 Å². The van der Waals surface area contributed by atoms with Crippen molar-refractivity contribution < 1.29 is 17.2 Å². The minimum Gasteiger partial charge on any atom is -0.464 e. The average molecular weight is 284 g/mol. The summed E-state index contributed by atoms with van der Waals surface area (Å²) in [5.41, 5.74) is 5.67. The van der Waals surface area contributed by atoms with E-state index in [1.807, 2.05) is 0 Å². The molecule has 1 aromatic heterocycles. The van der Waals surface area contributed by atoms with E-state index in [1.165, 1.54) is 30.3 Å². The standard InChI is InChI=1S/C12H13FN2O3S/c1-8-12(6-11(7-14)18-8)19(16,17)15-10-4-2-9(13)3-5-10/h2-6,15H,7,14H2,1H3. The number of hydrogen-bond donors (Lipinski definition) is 2. The molecule has 0 unspecified atom stereocenters. The van der Waals surface area contributed by atoms with Crippen molar-refractivity contribution in [3.05, 3.63) is 47.7 Å². The summed E-state index contributed by atoms with van der Waals surface area (Å²) in [6, 6.07) is 6.40. The van der Waals surface area contributed by atoms with Gasteiger partial charge in [-0.25, -0.2) is 12.8 Å². The molecule has 0 bridgehead atoms. The molecule has 3 N–H and O–H groups in total. The Kier molecular flexibility index (Phi) is 3.59. The maximum Gasteiger partial charge on any atom is 0.265 e. The van der Waals surface area contributed by atoms with Gasteiger partial charge in [0, 0.05) is 11.8 Å². The molecule has 7 heteroatoms. The quantitative estimate of drug-likeness (QED) is 0.899. The highest BCUT2D eigenvalue weighted by molar-refractivity contribution is 7.92. The summed E-state index contributed by atoms with van der Waals surface area (Å²) in [6.45, 7) is 1.66. The van der Waals surface area contributed by atoms with Gasteiger partial charge in [0.05, 0.1) is 6.54 Å². The Bertz CT molecular complexity index is 678. The Morgan fingerprint density at radius 2 is 1.95 bits per heavy atom. The number of anilines is 1. The van der Waals surface area contributed by atoms with Crippen LogP contribution in [0.1, 0.15) is 11.5 Å². The predicted octanol–water partition coefficient (Wildman–Crippen LogP) is 1.99. The zero-order valence-electron chi connectivity index (χ0n) is 10.2. The van der Waals surface area contributed by atoms with Gasteiger partial charge in [-0.3, -0.25) is 4.72 Å². The van der Waals surface area contributed by atoms with E-state index in [0.717, 1.165) is 0 Å². The molecule has 0 spiro atoms. The molecule has 0 fully saturated rings. The van der Waals surface area contributed by atoms with Crippen molar-refractivity contribution in [2.24, 2.45) is 5.73 Å². The highest BCUT2D eigenvalue weighted by Crippen LogP contribution is 2.22. The van der Waals surface area contributed by atoms with Crippen LogP contribution in [0.4, 0.5) is 10.1 Å². The lowest BCUT2D eigenvalue weighted by Crippen LogP contribution is -2.13. The summed E-state index contributed by atoms with van der Waals surface area (Å²) >= 11 is 0. The summed E-state index contributed by atoms with van der Waals surface area (Å²) in [7, 11) is -3.77. The number of hydrogen-bond acceptors (Lipinski definition) is 4. The average Bonchev–Trinajstić information content (AvgIpc) is 2.74. The van der Waals surface area contributed by atoms with Crippen LogP contribution in [0.5, 0.6) is 0 Å². The van der Waals surface area contributed by atoms with Crippen LogP contribution in [0.3, 0.4) is 0 Å². The molecule has 0 aliphatic carbocycles. The summed E-state index contributed by atoms with van der Waals surface area (Å²) < 4.78 is 44.6. The van der Waals surface area contributed by atoms with Gasteiger partial charge in [-0.05, 0) is 31.2 Å². The molecule has 0 atom stereocenters. The fraction of sp³-hybridized carbons (Fsp3) is 0.167. The molecule has 1 heterocycles. The van der Waals surface area contributed by atoms with Crippen molar-refractivity contribution in [3.63, 3.8) is 0 Å². The Morgan fingerprint density at radius 1 is 1.32 bits per heavy atom. The van der Waals surface area contributed by atoms with Gasteiger partial charge in [0.2, 0.25) is 0 Å². The minimum absolute atomic E-state index is 0.0253. The number of nitrogens with one attached hydrogen (secondary N) is 1. The van der Waals surface area contributed by atoms with Gasteiger partial charge < -0.3 is 10.2 Å². The van der Waals surface area contributed by atoms with Crippen LogP contribution in [0.25, 0.3) is 0 Å². The third-order valence-corrected chi connectivity index (χ3v) is 4.00. The zero-order valence-corrected chi connectivity index (χ0v) is 11.0. The van der Waals surface area contributed by atoms with Crippen LogP contribution in [0.2, 0.25) is 0 Å². The van der Waals surface area contributed by atoms with Gasteiger partial charge in [-0.1, -0.05) is 0 Å². The van der Waals surface area contributed by atoms with Gasteiger partial charge in [-0.2, -0.15) is 0 Å². The third-order valence-electron chi connectivity index (χ3n) is 2.51. The second-order valence-electron chi connectivity index (χ2n) is 3.95. The normalized spacial score (nSPS) is 11.5. The maximum atomic E-state index is 12.7.